The van der Waals surface area contributed by atoms with Gasteiger partial charge in [0.15, 0.2) is 0 Å². The predicted octanol–water partition coefficient (Wildman–Crippen LogP) is 3.80. The van der Waals surface area contributed by atoms with E-state index in [0.717, 1.165) is 35.9 Å². The first-order chi connectivity index (χ1) is 8.72. The van der Waals surface area contributed by atoms with Gasteiger partial charge in [-0.05, 0) is 60.2 Å². The molecule has 1 unspecified atom stereocenters. The molecule has 0 spiro atoms. The molecule has 0 heterocycles. The molecule has 2 aromatic carbocycles. The van der Waals surface area contributed by atoms with Crippen molar-refractivity contribution in [2.24, 2.45) is 5.92 Å². The fraction of sp³-hybridized carbons (Fsp3) is 0.250. The molecule has 0 saturated carbocycles. The average Bonchev–Trinajstić information content (AvgIpc) is 2.73. The van der Waals surface area contributed by atoms with E-state index in [1.54, 1.807) is 0 Å². The summed E-state index contributed by atoms with van der Waals surface area (Å²) >= 11 is 0. The molecule has 1 aliphatic rings. The van der Waals surface area contributed by atoms with Gasteiger partial charge in [-0.1, -0.05) is 19.1 Å². The third kappa shape index (κ3) is 2.06. The van der Waals surface area contributed by atoms with Gasteiger partial charge in [-0.2, -0.15) is 0 Å². The van der Waals surface area contributed by atoms with Gasteiger partial charge in [-0.25, -0.2) is 0 Å². The van der Waals surface area contributed by atoms with Crippen molar-refractivity contribution in [3.8, 4) is 11.5 Å². The Labute approximate surface area is 107 Å². The van der Waals surface area contributed by atoms with Crippen molar-refractivity contribution in [1.29, 1.82) is 0 Å². The Balaban J connectivity index is 1.90. The Morgan fingerprint density at radius 1 is 1.06 bits per heavy atom. The van der Waals surface area contributed by atoms with Gasteiger partial charge in [0.05, 0.1) is 0 Å². The summed E-state index contributed by atoms with van der Waals surface area (Å²) in [5, 5.41) is 0. The maximum Gasteiger partial charge on any atom is 0.130 e. The molecule has 0 bridgehead atoms. The minimum Gasteiger partial charge on any atom is -0.457 e. The van der Waals surface area contributed by atoms with Crippen LogP contribution < -0.4 is 10.5 Å². The number of hydrogen-bond acceptors (Lipinski definition) is 2. The largest absolute Gasteiger partial charge is 0.457 e. The first-order valence-corrected chi connectivity index (χ1v) is 6.36. The lowest BCUT2D eigenvalue weighted by Crippen LogP contribution is -1.92. The molecule has 0 aromatic heterocycles. The van der Waals surface area contributed by atoms with Gasteiger partial charge in [0.25, 0.3) is 0 Å². The number of nitrogen functional groups attached to an aromatic ring is 1. The van der Waals surface area contributed by atoms with Crippen molar-refractivity contribution in [2.75, 3.05) is 5.73 Å². The molecule has 1 atom stereocenters. The molecule has 3 rings (SSSR count). The summed E-state index contributed by atoms with van der Waals surface area (Å²) in [6.07, 6.45) is 2.27. The lowest BCUT2D eigenvalue weighted by Gasteiger charge is -2.10. The minimum absolute atomic E-state index is 0.719. The Morgan fingerprint density at radius 2 is 1.83 bits per heavy atom. The van der Waals surface area contributed by atoms with Gasteiger partial charge < -0.3 is 10.5 Å². The number of hydrogen-bond donors (Lipinski definition) is 1. The lowest BCUT2D eigenvalue weighted by molar-refractivity contribution is 0.475. The summed E-state index contributed by atoms with van der Waals surface area (Å²) < 4.78 is 5.97. The molecular formula is C16H17NO. The SMILES string of the molecule is CC1Cc2cccc(Oc3ccc(N)cc3)c2C1. The summed E-state index contributed by atoms with van der Waals surface area (Å²) in [5.74, 6) is 2.55. The molecule has 0 radical (unpaired) electrons. The number of nitrogens with two attached hydrogens (primary N) is 1. The van der Waals surface area contributed by atoms with Crippen molar-refractivity contribution in [3.63, 3.8) is 0 Å². The summed E-state index contributed by atoms with van der Waals surface area (Å²) in [5.41, 5.74) is 9.22. The molecule has 2 aromatic rings. The summed E-state index contributed by atoms with van der Waals surface area (Å²) in [6, 6.07) is 13.9. The Morgan fingerprint density at radius 3 is 2.61 bits per heavy atom. The van der Waals surface area contributed by atoms with Crippen LogP contribution in [0.15, 0.2) is 42.5 Å². The zero-order valence-electron chi connectivity index (χ0n) is 10.5. The van der Waals surface area contributed by atoms with Gasteiger partial charge in [0.1, 0.15) is 11.5 Å². The fourth-order valence-corrected chi connectivity index (χ4v) is 2.59. The van der Waals surface area contributed by atoms with E-state index in [4.69, 9.17) is 10.5 Å². The van der Waals surface area contributed by atoms with E-state index in [2.05, 4.69) is 19.1 Å². The minimum atomic E-state index is 0.719. The zero-order chi connectivity index (χ0) is 12.5. The maximum atomic E-state index is 5.97. The zero-order valence-corrected chi connectivity index (χ0v) is 10.5. The van der Waals surface area contributed by atoms with Crippen LogP contribution in [-0.4, -0.2) is 0 Å². The summed E-state index contributed by atoms with van der Waals surface area (Å²) in [6.45, 7) is 2.28. The summed E-state index contributed by atoms with van der Waals surface area (Å²) in [7, 11) is 0. The highest BCUT2D eigenvalue weighted by Gasteiger charge is 2.21. The molecule has 2 N–H and O–H groups in total. The van der Waals surface area contributed by atoms with Crippen molar-refractivity contribution < 1.29 is 4.74 Å². The summed E-state index contributed by atoms with van der Waals surface area (Å²) in [4.78, 5) is 0. The van der Waals surface area contributed by atoms with Crippen LogP contribution in [0, 0.1) is 5.92 Å². The highest BCUT2D eigenvalue weighted by molar-refractivity contribution is 5.47. The van der Waals surface area contributed by atoms with E-state index < -0.39 is 0 Å². The average molecular weight is 239 g/mol. The van der Waals surface area contributed by atoms with Gasteiger partial charge in [0.2, 0.25) is 0 Å². The number of rotatable bonds is 2. The van der Waals surface area contributed by atoms with Crippen LogP contribution in [0.1, 0.15) is 18.1 Å². The van der Waals surface area contributed by atoms with E-state index in [9.17, 15) is 0 Å². The van der Waals surface area contributed by atoms with Crippen LogP contribution >= 0.6 is 0 Å². The Hall–Kier alpha value is -1.96. The highest BCUT2D eigenvalue weighted by atomic mass is 16.5. The monoisotopic (exact) mass is 239 g/mol. The van der Waals surface area contributed by atoms with Gasteiger partial charge in [-0.3, -0.25) is 0 Å². The molecular weight excluding hydrogens is 222 g/mol. The predicted molar refractivity (Wildman–Crippen MR) is 73.9 cm³/mol. The topological polar surface area (TPSA) is 35.2 Å². The molecule has 2 heteroatoms. The molecule has 2 nitrogen and oxygen atoms in total. The van der Waals surface area contributed by atoms with E-state index in [1.165, 1.54) is 11.1 Å². The van der Waals surface area contributed by atoms with Crippen LogP contribution in [0.2, 0.25) is 0 Å². The van der Waals surface area contributed by atoms with E-state index >= 15 is 0 Å². The Bertz CT molecular complexity index is 560. The third-order valence-electron chi connectivity index (χ3n) is 3.46. The van der Waals surface area contributed by atoms with Crippen molar-refractivity contribution >= 4 is 5.69 Å². The Kier molecular flexibility index (Phi) is 2.71. The second-order valence-corrected chi connectivity index (χ2v) is 5.08. The van der Waals surface area contributed by atoms with Crippen LogP contribution in [-0.2, 0) is 12.8 Å². The second kappa shape index (κ2) is 4.37. The second-order valence-electron chi connectivity index (χ2n) is 5.08. The van der Waals surface area contributed by atoms with Crippen LogP contribution in [0.25, 0.3) is 0 Å². The molecule has 18 heavy (non-hydrogen) atoms. The molecule has 0 fully saturated rings. The van der Waals surface area contributed by atoms with Crippen LogP contribution in [0.4, 0.5) is 5.69 Å². The molecule has 92 valence electrons. The molecule has 0 amide bonds. The molecule has 0 saturated heterocycles. The van der Waals surface area contributed by atoms with E-state index in [-0.39, 0.29) is 0 Å². The maximum absolute atomic E-state index is 5.97. The lowest BCUT2D eigenvalue weighted by atomic mass is 10.1. The number of fused-ring (bicyclic) bond motifs is 1. The van der Waals surface area contributed by atoms with Crippen molar-refractivity contribution in [1.82, 2.24) is 0 Å². The first kappa shape index (κ1) is 11.1. The third-order valence-corrected chi connectivity index (χ3v) is 3.46. The first-order valence-electron chi connectivity index (χ1n) is 6.36. The number of benzene rings is 2. The van der Waals surface area contributed by atoms with Crippen molar-refractivity contribution in [3.05, 3.63) is 53.6 Å². The molecule has 0 aliphatic heterocycles. The standard InChI is InChI=1S/C16H17NO/c1-11-9-12-3-2-4-16(15(12)10-11)18-14-7-5-13(17)6-8-14/h2-8,11H,9-10,17H2,1H3. The number of ether oxygens (including phenoxy) is 1. The van der Waals surface area contributed by atoms with Crippen LogP contribution in [0.5, 0.6) is 11.5 Å². The quantitative estimate of drug-likeness (QED) is 0.809. The van der Waals surface area contributed by atoms with Gasteiger partial charge >= 0.3 is 0 Å². The van der Waals surface area contributed by atoms with E-state index in [1.807, 2.05) is 30.3 Å². The van der Waals surface area contributed by atoms with E-state index in [0.29, 0.717) is 0 Å². The molecule has 1 aliphatic carbocycles. The normalized spacial score (nSPS) is 17.5. The van der Waals surface area contributed by atoms with Gasteiger partial charge in [-0.15, -0.1) is 0 Å². The fourth-order valence-electron chi connectivity index (χ4n) is 2.59. The smallest absolute Gasteiger partial charge is 0.130 e. The highest BCUT2D eigenvalue weighted by Crippen LogP contribution is 2.35. The van der Waals surface area contributed by atoms with Crippen molar-refractivity contribution in [2.45, 2.75) is 19.8 Å². The number of anilines is 1. The van der Waals surface area contributed by atoms with Crippen LogP contribution in [0.3, 0.4) is 0 Å². The van der Waals surface area contributed by atoms with Gasteiger partial charge in [0, 0.05) is 5.69 Å².